The molecule has 1 aliphatic carbocycles. The van der Waals surface area contributed by atoms with E-state index in [9.17, 15) is 22.8 Å². The van der Waals surface area contributed by atoms with E-state index >= 15 is 8.78 Å². The third kappa shape index (κ3) is 5.30. The van der Waals surface area contributed by atoms with Crippen LogP contribution in [0.2, 0.25) is 0 Å². The molecule has 2 aromatic heterocycles. The normalized spacial score (nSPS) is 21.8. The Morgan fingerprint density at radius 3 is 2.54 bits per heavy atom. The van der Waals surface area contributed by atoms with Crippen molar-refractivity contribution in [1.82, 2.24) is 8.99 Å². The quantitative estimate of drug-likeness (QED) is 0.0699. The van der Waals surface area contributed by atoms with Gasteiger partial charge in [0, 0.05) is 61.2 Å². The highest BCUT2D eigenvalue weighted by molar-refractivity contribution is 6.10. The van der Waals surface area contributed by atoms with Gasteiger partial charge in [0.15, 0.2) is 11.4 Å². The monoisotopic (exact) mass is 720 g/mol. The van der Waals surface area contributed by atoms with Crippen molar-refractivity contribution in [2.45, 2.75) is 57.5 Å². The Hall–Kier alpha value is -5.08. The number of nitrogens with zero attached hydrogens (tertiary/aromatic N) is 4. The summed E-state index contributed by atoms with van der Waals surface area (Å²) in [5.41, 5.74) is 1.32. The first kappa shape index (κ1) is 34.0. The molecule has 270 valence electrons. The van der Waals surface area contributed by atoms with Crippen LogP contribution in [0.25, 0.3) is 16.6 Å². The molecule has 1 saturated carbocycles. The zero-order valence-corrected chi connectivity index (χ0v) is 28.6. The van der Waals surface area contributed by atoms with Crippen molar-refractivity contribution in [3.05, 3.63) is 88.8 Å². The summed E-state index contributed by atoms with van der Waals surface area (Å²) in [6, 6.07) is 7.45. The fourth-order valence-corrected chi connectivity index (χ4v) is 7.95. The lowest BCUT2D eigenvalue weighted by molar-refractivity contribution is -0.137. The number of pyridine rings is 1. The van der Waals surface area contributed by atoms with E-state index in [-0.39, 0.29) is 64.6 Å². The van der Waals surface area contributed by atoms with E-state index in [4.69, 9.17) is 9.47 Å². The van der Waals surface area contributed by atoms with Crippen molar-refractivity contribution < 1.29 is 41.0 Å². The van der Waals surface area contributed by atoms with E-state index in [1.807, 2.05) is 19.0 Å². The number of rotatable bonds is 7. The lowest BCUT2D eigenvalue weighted by Gasteiger charge is -2.31. The molecule has 9 nitrogen and oxygen atoms in total. The molecule has 52 heavy (non-hydrogen) atoms. The van der Waals surface area contributed by atoms with Gasteiger partial charge in [-0.15, -0.1) is 5.01 Å². The first-order chi connectivity index (χ1) is 24.8. The number of ketones is 1. The molecule has 5 heterocycles. The third-order valence-electron chi connectivity index (χ3n) is 10.8. The number of methoxy groups -OCH3 is 1. The molecular formula is C38H35F5N5O4+. The lowest BCUT2D eigenvalue weighted by Crippen LogP contribution is -2.36. The second kappa shape index (κ2) is 12.3. The Morgan fingerprint density at radius 2 is 1.85 bits per heavy atom. The van der Waals surface area contributed by atoms with Gasteiger partial charge in [0.05, 0.1) is 43.1 Å². The Balaban J connectivity index is 1.08. The van der Waals surface area contributed by atoms with Crippen molar-refractivity contribution in [2.75, 3.05) is 37.6 Å². The van der Waals surface area contributed by atoms with Crippen LogP contribution in [-0.2, 0) is 22.1 Å². The molecule has 4 aliphatic rings. The van der Waals surface area contributed by atoms with Crippen LogP contribution in [0.15, 0.2) is 59.7 Å². The molecule has 0 radical (unpaired) electrons. The molecule has 2 atom stereocenters. The molecule has 0 bridgehead atoms. The zero-order chi connectivity index (χ0) is 36.7. The number of aromatic nitrogens is 1. The van der Waals surface area contributed by atoms with Crippen LogP contribution < -0.4 is 19.7 Å². The SMILES string of the molecule is COC1CCC(=NC/C=C/C(=O)Nc2c(F)cc(C(=O)c3cc4c5c(cccn35)-c3c(C(F)(F)F)cc5c(c3OCC4)N3C(C)[N+]53C)cc2F)CC1. The van der Waals surface area contributed by atoms with Gasteiger partial charge in [0.2, 0.25) is 23.5 Å². The van der Waals surface area contributed by atoms with Gasteiger partial charge < -0.3 is 19.2 Å². The number of carbonyl (C=O) groups excluding carboxylic acids is 2. The number of hydrogen-bond donors (Lipinski definition) is 1. The molecule has 1 amide bonds. The minimum Gasteiger partial charge on any atom is -0.490 e. The molecule has 2 unspecified atom stereocenters. The number of alkyl halides is 3. The largest absolute Gasteiger partial charge is 0.490 e. The smallest absolute Gasteiger partial charge is 0.417 e. The standard InChI is InChI=1S/C38H34F5N5O4/c1-20-47-35-30(48(20,47)2)19-26(38(41,42)43)32-25-6-5-14-46-29(18-21(34(25)46)12-15-52-37(32)35)36(50)22-16-27(39)33(28(40)17-22)45-31(49)7-4-13-44-23-8-10-24(51-3)11-9-23/h4-7,14,16-20,24H,8-13,15H2,1-3H3/p+1/b7-4+,44-23?. The highest BCUT2D eigenvalue weighted by Gasteiger charge is 2.73. The second-order valence-corrected chi connectivity index (χ2v) is 13.7. The van der Waals surface area contributed by atoms with Gasteiger partial charge in [-0.1, -0.05) is 12.1 Å². The molecule has 8 rings (SSSR count). The highest BCUT2D eigenvalue weighted by Crippen LogP contribution is 2.67. The average Bonchev–Trinajstić information content (AvgIpc) is 3.36. The van der Waals surface area contributed by atoms with E-state index in [0.29, 0.717) is 22.5 Å². The first-order valence-electron chi connectivity index (χ1n) is 17.1. The van der Waals surface area contributed by atoms with E-state index in [1.165, 1.54) is 34.9 Å². The fraction of sp³-hybridized carbons (Fsp3) is 0.342. The molecule has 2 aromatic carbocycles. The Bertz CT molecular complexity index is 2210. The molecule has 1 saturated heterocycles. The van der Waals surface area contributed by atoms with Crippen molar-refractivity contribution in [2.24, 2.45) is 4.99 Å². The summed E-state index contributed by atoms with van der Waals surface area (Å²) >= 11 is 0. The number of quaternary nitrogens is 1. The van der Waals surface area contributed by atoms with Crippen LogP contribution in [0, 0.1) is 11.6 Å². The Morgan fingerprint density at radius 1 is 1.12 bits per heavy atom. The number of anilines is 2. The van der Waals surface area contributed by atoms with Gasteiger partial charge in [-0.3, -0.25) is 14.6 Å². The van der Waals surface area contributed by atoms with Crippen LogP contribution in [0.5, 0.6) is 5.75 Å². The Labute approximate surface area is 295 Å². The van der Waals surface area contributed by atoms with Gasteiger partial charge >= 0.3 is 6.18 Å². The highest BCUT2D eigenvalue weighted by atomic mass is 19.4. The molecule has 1 N–H and O–H groups in total. The van der Waals surface area contributed by atoms with Gasteiger partial charge in [-0.25, -0.2) is 8.78 Å². The van der Waals surface area contributed by atoms with E-state index in [1.54, 1.807) is 13.2 Å². The maximum atomic E-state index is 15.3. The summed E-state index contributed by atoms with van der Waals surface area (Å²) in [5, 5.41) is 4.18. The van der Waals surface area contributed by atoms with Gasteiger partial charge in [-0.05, 0) is 55.5 Å². The minimum atomic E-state index is -4.71. The summed E-state index contributed by atoms with van der Waals surface area (Å²) in [4.78, 5) is 30.8. The van der Waals surface area contributed by atoms with Crippen molar-refractivity contribution in [3.8, 4) is 16.9 Å². The van der Waals surface area contributed by atoms with Crippen LogP contribution in [-0.4, -0.2) is 61.4 Å². The van der Waals surface area contributed by atoms with Crippen LogP contribution in [0.3, 0.4) is 0 Å². The van der Waals surface area contributed by atoms with E-state index in [2.05, 4.69) is 10.3 Å². The second-order valence-electron chi connectivity index (χ2n) is 13.7. The van der Waals surface area contributed by atoms with Crippen molar-refractivity contribution >= 4 is 40.0 Å². The summed E-state index contributed by atoms with van der Waals surface area (Å²) in [7, 11) is 3.53. The lowest BCUT2D eigenvalue weighted by atomic mass is 9.92. The van der Waals surface area contributed by atoms with Crippen LogP contribution >= 0.6 is 0 Å². The number of aliphatic imine (C=N–C) groups is 1. The number of carbonyl (C=O) groups is 2. The molecule has 4 aromatic rings. The number of ether oxygens (including phenoxy) is 2. The van der Waals surface area contributed by atoms with E-state index in [0.717, 1.165) is 49.6 Å². The van der Waals surface area contributed by atoms with E-state index < -0.39 is 40.8 Å². The number of nitrogens with one attached hydrogen (secondary N) is 1. The van der Waals surface area contributed by atoms with Crippen LogP contribution in [0.1, 0.15) is 59.8 Å². The third-order valence-corrected chi connectivity index (χ3v) is 10.8. The number of benzene rings is 2. The summed E-state index contributed by atoms with van der Waals surface area (Å²) in [6.45, 7) is 2.22. The van der Waals surface area contributed by atoms with Crippen molar-refractivity contribution in [3.63, 3.8) is 0 Å². The number of halogens is 5. The predicted molar refractivity (Wildman–Crippen MR) is 186 cm³/mol. The molecule has 3 aliphatic heterocycles. The van der Waals surface area contributed by atoms with Crippen molar-refractivity contribution in [1.29, 1.82) is 0 Å². The van der Waals surface area contributed by atoms with Gasteiger partial charge in [0.1, 0.15) is 17.3 Å². The topological polar surface area (TPSA) is 84.4 Å². The molecular weight excluding hydrogens is 685 g/mol. The maximum Gasteiger partial charge on any atom is 0.417 e. The number of amides is 1. The number of hydrogen-bond acceptors (Lipinski definition) is 6. The predicted octanol–water partition coefficient (Wildman–Crippen LogP) is 7.63. The molecule has 0 spiro atoms. The zero-order valence-electron chi connectivity index (χ0n) is 28.6. The average molecular weight is 721 g/mol. The molecule has 2 fully saturated rings. The summed E-state index contributed by atoms with van der Waals surface area (Å²) in [5.74, 6) is -3.71. The molecule has 14 heteroatoms. The number of fused-ring (bicyclic) bond motifs is 7. The summed E-state index contributed by atoms with van der Waals surface area (Å²) in [6.07, 6.45) is 3.29. The van der Waals surface area contributed by atoms with Gasteiger partial charge in [-0.2, -0.15) is 17.8 Å². The Kier molecular flexibility index (Phi) is 8.03. The summed E-state index contributed by atoms with van der Waals surface area (Å²) < 4.78 is 88.0. The maximum absolute atomic E-state index is 15.3. The first-order valence-corrected chi connectivity index (χ1v) is 17.1. The fourth-order valence-electron chi connectivity index (χ4n) is 7.95. The van der Waals surface area contributed by atoms with Crippen LogP contribution in [0.4, 0.5) is 39.0 Å². The van der Waals surface area contributed by atoms with Gasteiger partial charge in [0.25, 0.3) is 0 Å². The minimum absolute atomic E-state index is 0.00690.